The lowest BCUT2D eigenvalue weighted by Gasteiger charge is -2.13. The maximum absolute atomic E-state index is 13.1. The standard InChI is InChI=1S/C18H13F4N3O/c19-14-7-6-12(16(8-14)18(20,21)22)9-23-17(26)13-10-24-25(11-13)15-4-2-1-3-5-15/h1-8,10-11H,9H2,(H,23,26). The number of benzene rings is 2. The van der Waals surface area contributed by atoms with Crippen molar-refractivity contribution >= 4 is 5.91 Å². The minimum absolute atomic E-state index is 0.199. The van der Waals surface area contributed by atoms with Gasteiger partial charge in [-0.2, -0.15) is 18.3 Å². The van der Waals surface area contributed by atoms with E-state index in [1.165, 1.54) is 17.1 Å². The third-order valence-corrected chi connectivity index (χ3v) is 3.68. The van der Waals surface area contributed by atoms with Crippen LogP contribution in [0, 0.1) is 5.82 Å². The molecule has 3 aromatic rings. The van der Waals surface area contributed by atoms with E-state index in [2.05, 4.69) is 10.4 Å². The Balaban J connectivity index is 1.73. The van der Waals surface area contributed by atoms with Crippen LogP contribution in [-0.4, -0.2) is 15.7 Å². The molecule has 0 aliphatic heterocycles. The van der Waals surface area contributed by atoms with Crippen LogP contribution in [0.1, 0.15) is 21.5 Å². The Morgan fingerprint density at radius 2 is 1.85 bits per heavy atom. The Morgan fingerprint density at radius 1 is 1.12 bits per heavy atom. The van der Waals surface area contributed by atoms with Crippen LogP contribution in [0.5, 0.6) is 0 Å². The van der Waals surface area contributed by atoms with Gasteiger partial charge in [-0.15, -0.1) is 0 Å². The van der Waals surface area contributed by atoms with Gasteiger partial charge in [-0.05, 0) is 29.8 Å². The molecule has 1 aromatic heterocycles. The molecule has 0 saturated carbocycles. The van der Waals surface area contributed by atoms with Crippen LogP contribution in [0.25, 0.3) is 5.69 Å². The molecule has 26 heavy (non-hydrogen) atoms. The van der Waals surface area contributed by atoms with Gasteiger partial charge in [0.1, 0.15) is 5.82 Å². The summed E-state index contributed by atoms with van der Waals surface area (Å²) < 4.78 is 53.5. The summed E-state index contributed by atoms with van der Waals surface area (Å²) in [5.41, 5.74) is -0.394. The number of carbonyl (C=O) groups excluding carboxylic acids is 1. The zero-order chi connectivity index (χ0) is 18.7. The molecule has 0 saturated heterocycles. The van der Waals surface area contributed by atoms with Crippen molar-refractivity contribution in [3.63, 3.8) is 0 Å². The van der Waals surface area contributed by atoms with Crippen LogP contribution < -0.4 is 5.32 Å². The normalized spacial score (nSPS) is 11.4. The summed E-state index contributed by atoms with van der Waals surface area (Å²) in [4.78, 5) is 12.2. The van der Waals surface area contributed by atoms with E-state index in [4.69, 9.17) is 0 Å². The molecule has 4 nitrogen and oxygen atoms in total. The number of para-hydroxylation sites is 1. The monoisotopic (exact) mass is 363 g/mol. The summed E-state index contributed by atoms with van der Waals surface area (Å²) in [6, 6.07) is 11.4. The molecule has 0 atom stereocenters. The van der Waals surface area contributed by atoms with Crippen molar-refractivity contribution < 1.29 is 22.4 Å². The fraction of sp³-hybridized carbons (Fsp3) is 0.111. The number of nitrogens with zero attached hydrogens (tertiary/aromatic N) is 2. The molecule has 1 heterocycles. The van der Waals surface area contributed by atoms with E-state index in [0.29, 0.717) is 6.07 Å². The number of hydrogen-bond acceptors (Lipinski definition) is 2. The number of carbonyl (C=O) groups is 1. The molecule has 8 heteroatoms. The van der Waals surface area contributed by atoms with Gasteiger partial charge in [0.2, 0.25) is 0 Å². The lowest BCUT2D eigenvalue weighted by molar-refractivity contribution is -0.138. The van der Waals surface area contributed by atoms with Crippen LogP contribution in [0.2, 0.25) is 0 Å². The molecular weight excluding hydrogens is 350 g/mol. The molecule has 1 amide bonds. The minimum atomic E-state index is -4.71. The van der Waals surface area contributed by atoms with Gasteiger partial charge in [0.15, 0.2) is 0 Å². The van der Waals surface area contributed by atoms with Gasteiger partial charge < -0.3 is 5.32 Å². The highest BCUT2D eigenvalue weighted by Gasteiger charge is 2.33. The fourth-order valence-corrected chi connectivity index (χ4v) is 2.41. The number of alkyl halides is 3. The Bertz CT molecular complexity index is 920. The van der Waals surface area contributed by atoms with Crippen molar-refractivity contribution in [2.75, 3.05) is 0 Å². The predicted octanol–water partition coefficient (Wildman–Crippen LogP) is 3.96. The van der Waals surface area contributed by atoms with Crippen LogP contribution in [0.3, 0.4) is 0 Å². The predicted molar refractivity (Wildman–Crippen MR) is 86.1 cm³/mol. The van der Waals surface area contributed by atoms with E-state index in [1.807, 2.05) is 18.2 Å². The number of amides is 1. The summed E-state index contributed by atoms with van der Waals surface area (Å²) in [6.07, 6.45) is -1.92. The second-order valence-corrected chi connectivity index (χ2v) is 5.49. The van der Waals surface area contributed by atoms with Gasteiger partial charge >= 0.3 is 6.18 Å². The van der Waals surface area contributed by atoms with E-state index in [9.17, 15) is 22.4 Å². The van der Waals surface area contributed by atoms with Gasteiger partial charge in [-0.1, -0.05) is 24.3 Å². The first-order valence-electron chi connectivity index (χ1n) is 7.58. The summed E-state index contributed by atoms with van der Waals surface area (Å²) >= 11 is 0. The molecule has 3 rings (SSSR count). The molecule has 0 spiro atoms. The van der Waals surface area contributed by atoms with Crippen molar-refractivity contribution in [2.24, 2.45) is 0 Å². The highest BCUT2D eigenvalue weighted by atomic mass is 19.4. The number of rotatable bonds is 4. The van der Waals surface area contributed by atoms with Gasteiger partial charge in [0.05, 0.1) is 23.0 Å². The van der Waals surface area contributed by atoms with Gasteiger partial charge in [0, 0.05) is 12.7 Å². The molecule has 134 valence electrons. The largest absolute Gasteiger partial charge is 0.416 e. The number of aromatic nitrogens is 2. The minimum Gasteiger partial charge on any atom is -0.348 e. The lowest BCUT2D eigenvalue weighted by atomic mass is 10.1. The third-order valence-electron chi connectivity index (χ3n) is 3.68. The maximum Gasteiger partial charge on any atom is 0.416 e. The maximum atomic E-state index is 13.1. The van der Waals surface area contributed by atoms with Gasteiger partial charge in [0.25, 0.3) is 5.91 Å². The smallest absolute Gasteiger partial charge is 0.348 e. The zero-order valence-electron chi connectivity index (χ0n) is 13.3. The Morgan fingerprint density at radius 3 is 2.54 bits per heavy atom. The molecule has 0 radical (unpaired) electrons. The van der Waals surface area contributed by atoms with E-state index in [0.717, 1.165) is 17.8 Å². The molecule has 0 aliphatic carbocycles. The highest BCUT2D eigenvalue weighted by Crippen LogP contribution is 2.32. The van der Waals surface area contributed by atoms with Crippen molar-refractivity contribution in [1.29, 1.82) is 0 Å². The number of hydrogen-bond donors (Lipinski definition) is 1. The molecular formula is C18H13F4N3O. The summed E-state index contributed by atoms with van der Waals surface area (Å²) in [5, 5.41) is 6.45. The average molecular weight is 363 g/mol. The summed E-state index contributed by atoms with van der Waals surface area (Å²) in [7, 11) is 0. The van der Waals surface area contributed by atoms with Gasteiger partial charge in [-0.3, -0.25) is 4.79 Å². The van der Waals surface area contributed by atoms with Crippen molar-refractivity contribution in [2.45, 2.75) is 12.7 Å². The molecule has 0 fully saturated rings. The summed E-state index contributed by atoms with van der Waals surface area (Å²) in [6.45, 7) is -0.384. The molecule has 0 bridgehead atoms. The molecule has 1 N–H and O–H groups in total. The number of halogens is 4. The topological polar surface area (TPSA) is 46.9 Å². The van der Waals surface area contributed by atoms with E-state index in [-0.39, 0.29) is 17.7 Å². The van der Waals surface area contributed by atoms with Crippen molar-refractivity contribution in [3.05, 3.63) is 83.4 Å². The fourth-order valence-electron chi connectivity index (χ4n) is 2.41. The van der Waals surface area contributed by atoms with Crippen LogP contribution in [0.4, 0.5) is 17.6 Å². The van der Waals surface area contributed by atoms with Crippen LogP contribution in [0.15, 0.2) is 60.9 Å². The Labute approximate surface area is 146 Å². The Kier molecular flexibility index (Phi) is 4.75. The van der Waals surface area contributed by atoms with E-state index >= 15 is 0 Å². The highest BCUT2D eigenvalue weighted by molar-refractivity contribution is 5.93. The number of nitrogens with one attached hydrogen (secondary N) is 1. The molecule has 0 unspecified atom stereocenters. The third kappa shape index (κ3) is 3.90. The van der Waals surface area contributed by atoms with Gasteiger partial charge in [-0.25, -0.2) is 9.07 Å². The lowest BCUT2D eigenvalue weighted by Crippen LogP contribution is -2.24. The van der Waals surface area contributed by atoms with Crippen molar-refractivity contribution in [1.82, 2.24) is 15.1 Å². The summed E-state index contributed by atoms with van der Waals surface area (Å²) in [5.74, 6) is -1.57. The van der Waals surface area contributed by atoms with E-state index < -0.39 is 23.5 Å². The molecule has 2 aromatic carbocycles. The van der Waals surface area contributed by atoms with Crippen LogP contribution >= 0.6 is 0 Å². The zero-order valence-corrected chi connectivity index (χ0v) is 13.3. The molecule has 0 aliphatic rings. The van der Waals surface area contributed by atoms with E-state index in [1.54, 1.807) is 12.1 Å². The second kappa shape index (κ2) is 6.99. The van der Waals surface area contributed by atoms with Crippen molar-refractivity contribution in [3.8, 4) is 5.69 Å². The first-order chi connectivity index (χ1) is 12.3. The Hall–Kier alpha value is -3.16. The first-order valence-corrected chi connectivity index (χ1v) is 7.58. The first kappa shape index (κ1) is 17.7. The second-order valence-electron chi connectivity index (χ2n) is 5.49. The van der Waals surface area contributed by atoms with Crippen LogP contribution in [-0.2, 0) is 12.7 Å². The average Bonchev–Trinajstić information content (AvgIpc) is 3.10. The quantitative estimate of drug-likeness (QED) is 0.714. The SMILES string of the molecule is O=C(NCc1ccc(F)cc1C(F)(F)F)c1cnn(-c2ccccc2)c1.